The van der Waals surface area contributed by atoms with Crippen molar-refractivity contribution in [3.05, 3.63) is 0 Å². The van der Waals surface area contributed by atoms with Crippen molar-refractivity contribution in [3.63, 3.8) is 0 Å². The van der Waals surface area contributed by atoms with Gasteiger partial charge >= 0.3 is 0 Å². The Hall–Kier alpha value is -0.120. The smallest absolute Gasteiger partial charge is 0.0449 e. The number of nitrogens with zero attached hydrogens (tertiary/aromatic N) is 1. The maximum atomic E-state index is 8.83. The molecule has 1 saturated carbocycles. The maximum absolute atomic E-state index is 8.83. The van der Waals surface area contributed by atoms with Crippen molar-refractivity contribution < 1.29 is 5.11 Å². The molecule has 0 bridgehead atoms. The summed E-state index contributed by atoms with van der Waals surface area (Å²) in [6.45, 7) is 2.37. The van der Waals surface area contributed by atoms with Gasteiger partial charge in [0.2, 0.25) is 0 Å². The van der Waals surface area contributed by atoms with Gasteiger partial charge in [0.05, 0.1) is 0 Å². The lowest BCUT2D eigenvalue weighted by molar-refractivity contribution is 0.229. The number of hydrogen-bond acceptors (Lipinski definition) is 3. The lowest BCUT2D eigenvalue weighted by Gasteiger charge is -2.23. The number of rotatable bonds is 3. The summed E-state index contributed by atoms with van der Waals surface area (Å²) in [6.07, 6.45) is 4.53. The van der Waals surface area contributed by atoms with E-state index in [4.69, 9.17) is 10.8 Å². The van der Waals surface area contributed by atoms with Crippen LogP contribution in [-0.2, 0) is 0 Å². The fourth-order valence-corrected chi connectivity index (χ4v) is 2.11. The molecule has 1 unspecified atom stereocenters. The summed E-state index contributed by atoms with van der Waals surface area (Å²) in [5.41, 5.74) is 6.04. The summed E-state index contributed by atoms with van der Waals surface area (Å²) in [6, 6.07) is 0.828. The Morgan fingerprint density at radius 1 is 1.50 bits per heavy atom. The molecule has 1 aliphatic heterocycles. The van der Waals surface area contributed by atoms with Crippen molar-refractivity contribution in [2.24, 2.45) is 5.73 Å². The van der Waals surface area contributed by atoms with Crippen molar-refractivity contribution >= 4 is 0 Å². The third-order valence-electron chi connectivity index (χ3n) is 3.09. The van der Waals surface area contributed by atoms with Gasteiger partial charge in [0.1, 0.15) is 0 Å². The fraction of sp³-hybridized carbons (Fsp3) is 1.00. The first kappa shape index (κ1) is 8.48. The summed E-state index contributed by atoms with van der Waals surface area (Å²) in [5.74, 6) is 0. The fourth-order valence-electron chi connectivity index (χ4n) is 2.11. The Balaban J connectivity index is 1.86. The van der Waals surface area contributed by atoms with Crippen molar-refractivity contribution in [2.75, 3.05) is 19.7 Å². The van der Waals surface area contributed by atoms with Crippen LogP contribution in [-0.4, -0.2) is 41.3 Å². The van der Waals surface area contributed by atoms with Crippen LogP contribution in [0.2, 0.25) is 0 Å². The largest absolute Gasteiger partial charge is 0.396 e. The molecule has 0 aromatic carbocycles. The minimum absolute atomic E-state index is 0.0860. The molecule has 1 atom stereocenters. The molecule has 2 aliphatic rings. The van der Waals surface area contributed by atoms with Gasteiger partial charge in [0.15, 0.2) is 0 Å². The molecule has 3 nitrogen and oxygen atoms in total. The highest BCUT2D eigenvalue weighted by Gasteiger charge is 2.40. The highest BCUT2D eigenvalue weighted by Crippen LogP contribution is 2.33. The van der Waals surface area contributed by atoms with Gasteiger partial charge in [-0.3, -0.25) is 4.90 Å². The molecule has 12 heavy (non-hydrogen) atoms. The summed E-state index contributed by atoms with van der Waals surface area (Å²) < 4.78 is 0. The Morgan fingerprint density at radius 2 is 2.25 bits per heavy atom. The van der Waals surface area contributed by atoms with Crippen molar-refractivity contribution in [1.29, 1.82) is 0 Å². The zero-order valence-electron chi connectivity index (χ0n) is 7.50. The molecule has 1 aliphatic carbocycles. The van der Waals surface area contributed by atoms with Crippen molar-refractivity contribution in [2.45, 2.75) is 37.3 Å². The van der Waals surface area contributed by atoms with Crippen LogP contribution >= 0.6 is 0 Å². The monoisotopic (exact) mass is 170 g/mol. The number of aliphatic hydroxyl groups excluding tert-OH is 1. The molecule has 0 aromatic heterocycles. The normalized spacial score (nSPS) is 37.5. The topological polar surface area (TPSA) is 49.5 Å². The van der Waals surface area contributed by atoms with Crippen LogP contribution < -0.4 is 5.73 Å². The SMILES string of the molecule is NC1(CCO)CCN(C2CC2)C1. The first-order chi connectivity index (χ1) is 5.73. The van der Waals surface area contributed by atoms with Gasteiger partial charge in [-0.25, -0.2) is 0 Å². The summed E-state index contributed by atoms with van der Waals surface area (Å²) in [7, 11) is 0. The van der Waals surface area contributed by atoms with Crippen molar-refractivity contribution in [3.8, 4) is 0 Å². The van der Waals surface area contributed by atoms with Gasteiger partial charge in [-0.1, -0.05) is 0 Å². The zero-order valence-corrected chi connectivity index (χ0v) is 7.50. The van der Waals surface area contributed by atoms with E-state index in [1.54, 1.807) is 0 Å². The minimum Gasteiger partial charge on any atom is -0.396 e. The van der Waals surface area contributed by atoms with E-state index in [0.717, 1.165) is 32.0 Å². The first-order valence-electron chi connectivity index (χ1n) is 4.87. The molecule has 2 rings (SSSR count). The van der Waals surface area contributed by atoms with E-state index in [1.165, 1.54) is 12.8 Å². The van der Waals surface area contributed by atoms with Crippen LogP contribution in [0.5, 0.6) is 0 Å². The van der Waals surface area contributed by atoms with E-state index in [0.29, 0.717) is 0 Å². The van der Waals surface area contributed by atoms with Crippen LogP contribution in [0.15, 0.2) is 0 Å². The van der Waals surface area contributed by atoms with Crippen LogP contribution in [0.4, 0.5) is 0 Å². The van der Waals surface area contributed by atoms with E-state index < -0.39 is 0 Å². The molecule has 2 fully saturated rings. The minimum atomic E-state index is -0.0860. The second-order valence-electron chi connectivity index (χ2n) is 4.29. The number of aliphatic hydroxyl groups is 1. The van der Waals surface area contributed by atoms with Crippen LogP contribution in [0.25, 0.3) is 0 Å². The third kappa shape index (κ3) is 1.63. The molecule has 0 radical (unpaired) electrons. The molecule has 1 saturated heterocycles. The summed E-state index contributed by atoms with van der Waals surface area (Å²) in [5, 5.41) is 8.83. The Kier molecular flexibility index (Phi) is 2.10. The molecule has 3 N–H and O–H groups in total. The molecule has 3 heteroatoms. The maximum Gasteiger partial charge on any atom is 0.0449 e. The molecular weight excluding hydrogens is 152 g/mol. The first-order valence-corrected chi connectivity index (χ1v) is 4.87. The van der Waals surface area contributed by atoms with E-state index in [9.17, 15) is 0 Å². The second kappa shape index (κ2) is 2.98. The van der Waals surface area contributed by atoms with Gasteiger partial charge < -0.3 is 10.8 Å². The molecule has 0 amide bonds. The van der Waals surface area contributed by atoms with Gasteiger partial charge in [-0.15, -0.1) is 0 Å². The Morgan fingerprint density at radius 3 is 2.83 bits per heavy atom. The predicted octanol–water partition coefficient (Wildman–Crippen LogP) is -0.0656. The zero-order chi connectivity index (χ0) is 8.60. The van der Waals surface area contributed by atoms with E-state index in [2.05, 4.69) is 4.90 Å². The third-order valence-corrected chi connectivity index (χ3v) is 3.09. The van der Waals surface area contributed by atoms with E-state index in [-0.39, 0.29) is 12.1 Å². The quantitative estimate of drug-likeness (QED) is 0.623. The lowest BCUT2D eigenvalue weighted by Crippen LogP contribution is -2.43. The van der Waals surface area contributed by atoms with Gasteiger partial charge in [-0.2, -0.15) is 0 Å². The van der Waals surface area contributed by atoms with Gasteiger partial charge in [0.25, 0.3) is 0 Å². The number of hydrogen-bond donors (Lipinski definition) is 2. The number of likely N-dealkylation sites (tertiary alicyclic amines) is 1. The molecular formula is C9H18N2O. The van der Waals surface area contributed by atoms with Crippen molar-refractivity contribution in [1.82, 2.24) is 4.90 Å². The number of nitrogens with two attached hydrogens (primary N) is 1. The predicted molar refractivity (Wildman–Crippen MR) is 47.8 cm³/mol. The average Bonchev–Trinajstić information content (AvgIpc) is 2.78. The van der Waals surface area contributed by atoms with Crippen LogP contribution in [0.1, 0.15) is 25.7 Å². The lowest BCUT2D eigenvalue weighted by atomic mass is 9.96. The average molecular weight is 170 g/mol. The van der Waals surface area contributed by atoms with Gasteiger partial charge in [0, 0.05) is 31.3 Å². The highest BCUT2D eigenvalue weighted by molar-refractivity contribution is 4.99. The second-order valence-corrected chi connectivity index (χ2v) is 4.29. The molecule has 70 valence electrons. The molecule has 1 heterocycles. The molecule has 0 spiro atoms. The Labute approximate surface area is 73.5 Å². The Bertz CT molecular complexity index is 170. The molecule has 0 aromatic rings. The van der Waals surface area contributed by atoms with E-state index >= 15 is 0 Å². The summed E-state index contributed by atoms with van der Waals surface area (Å²) in [4.78, 5) is 2.48. The highest BCUT2D eigenvalue weighted by atomic mass is 16.3. The van der Waals surface area contributed by atoms with Crippen LogP contribution in [0.3, 0.4) is 0 Å². The van der Waals surface area contributed by atoms with Crippen LogP contribution in [0, 0.1) is 0 Å². The summed E-state index contributed by atoms with van der Waals surface area (Å²) >= 11 is 0. The standard InChI is InChI=1S/C9H18N2O/c10-9(4-6-12)3-5-11(7-9)8-1-2-8/h8,12H,1-7,10H2. The van der Waals surface area contributed by atoms with E-state index in [1.807, 2.05) is 0 Å². The van der Waals surface area contributed by atoms with Gasteiger partial charge in [-0.05, 0) is 25.7 Å².